The Labute approximate surface area is 106 Å². The molecule has 0 radical (unpaired) electrons. The van der Waals surface area contributed by atoms with Gasteiger partial charge in [0.2, 0.25) is 10.0 Å². The SMILES string of the molecule is CC(CCCC(=O)O)NC(=O)NCCS(N)(=O)=O. The number of aliphatic carboxylic acids is 1. The van der Waals surface area contributed by atoms with Crippen molar-refractivity contribution in [1.82, 2.24) is 10.6 Å². The van der Waals surface area contributed by atoms with E-state index in [9.17, 15) is 18.0 Å². The second kappa shape index (κ2) is 7.88. The Balaban J connectivity index is 3.70. The fourth-order valence-corrected chi connectivity index (χ4v) is 1.60. The Bertz CT molecular complexity index is 382. The van der Waals surface area contributed by atoms with Gasteiger partial charge < -0.3 is 15.7 Å². The molecule has 0 aromatic heterocycles. The van der Waals surface area contributed by atoms with Crippen molar-refractivity contribution >= 4 is 22.0 Å². The van der Waals surface area contributed by atoms with E-state index < -0.39 is 22.0 Å². The number of rotatable bonds is 8. The Kier molecular flexibility index (Phi) is 7.29. The van der Waals surface area contributed by atoms with Gasteiger partial charge in [0.25, 0.3) is 0 Å². The number of urea groups is 1. The lowest BCUT2D eigenvalue weighted by Crippen LogP contribution is -2.42. The number of hydrogen-bond donors (Lipinski definition) is 4. The van der Waals surface area contributed by atoms with Crippen LogP contribution in [0.5, 0.6) is 0 Å². The molecular weight excluding hydrogens is 262 g/mol. The number of sulfonamides is 1. The van der Waals surface area contributed by atoms with E-state index in [0.29, 0.717) is 12.8 Å². The molecule has 0 aromatic rings. The van der Waals surface area contributed by atoms with Gasteiger partial charge in [0.05, 0.1) is 5.75 Å². The summed E-state index contributed by atoms with van der Waals surface area (Å²) in [6.45, 7) is 1.67. The lowest BCUT2D eigenvalue weighted by atomic mass is 10.1. The summed E-state index contributed by atoms with van der Waals surface area (Å²) in [6.07, 6.45) is 1.06. The van der Waals surface area contributed by atoms with Crippen molar-refractivity contribution in [2.45, 2.75) is 32.2 Å². The number of carboxylic acids is 1. The van der Waals surface area contributed by atoms with E-state index in [1.54, 1.807) is 6.92 Å². The molecule has 9 heteroatoms. The third-order valence-corrected chi connectivity index (χ3v) is 2.85. The number of carboxylic acid groups (broad SMARTS) is 1. The molecule has 0 saturated heterocycles. The Morgan fingerprint density at radius 1 is 1.39 bits per heavy atom. The molecule has 18 heavy (non-hydrogen) atoms. The molecule has 2 amide bonds. The summed E-state index contributed by atoms with van der Waals surface area (Å²) in [4.78, 5) is 21.5. The number of amides is 2. The highest BCUT2D eigenvalue weighted by Gasteiger charge is 2.09. The minimum atomic E-state index is -3.58. The summed E-state index contributed by atoms with van der Waals surface area (Å²) in [5.74, 6) is -1.20. The van der Waals surface area contributed by atoms with E-state index in [4.69, 9.17) is 10.2 Å². The number of hydrogen-bond acceptors (Lipinski definition) is 4. The zero-order chi connectivity index (χ0) is 14.2. The monoisotopic (exact) mass is 281 g/mol. The van der Waals surface area contributed by atoms with Gasteiger partial charge in [0, 0.05) is 19.0 Å². The van der Waals surface area contributed by atoms with Gasteiger partial charge in [-0.1, -0.05) is 0 Å². The molecule has 1 unspecified atom stereocenters. The maximum absolute atomic E-state index is 11.3. The van der Waals surface area contributed by atoms with E-state index in [1.807, 2.05) is 0 Å². The highest BCUT2D eigenvalue weighted by atomic mass is 32.2. The van der Waals surface area contributed by atoms with Gasteiger partial charge in [-0.2, -0.15) is 0 Å². The fourth-order valence-electron chi connectivity index (χ4n) is 1.21. The summed E-state index contributed by atoms with van der Waals surface area (Å²) in [5, 5.41) is 18.1. The van der Waals surface area contributed by atoms with E-state index in [0.717, 1.165) is 0 Å². The molecule has 0 heterocycles. The molecular formula is C9H19N3O5S. The Hall–Kier alpha value is -1.35. The quantitative estimate of drug-likeness (QED) is 0.462. The molecule has 5 N–H and O–H groups in total. The van der Waals surface area contributed by atoms with Crippen molar-refractivity contribution < 1.29 is 23.1 Å². The zero-order valence-corrected chi connectivity index (χ0v) is 11.0. The van der Waals surface area contributed by atoms with Gasteiger partial charge in [-0.15, -0.1) is 0 Å². The number of carbonyl (C=O) groups is 2. The first-order valence-corrected chi connectivity index (χ1v) is 7.19. The lowest BCUT2D eigenvalue weighted by Gasteiger charge is -2.13. The number of nitrogens with one attached hydrogen (secondary N) is 2. The summed E-state index contributed by atoms with van der Waals surface area (Å²) in [5.41, 5.74) is 0. The van der Waals surface area contributed by atoms with E-state index in [1.165, 1.54) is 0 Å². The van der Waals surface area contributed by atoms with Crippen LogP contribution in [0.3, 0.4) is 0 Å². The highest BCUT2D eigenvalue weighted by molar-refractivity contribution is 7.89. The molecule has 0 fully saturated rings. The molecule has 106 valence electrons. The molecule has 0 spiro atoms. The first-order chi connectivity index (χ1) is 8.20. The second-order valence-corrected chi connectivity index (χ2v) is 5.69. The topological polar surface area (TPSA) is 139 Å². The van der Waals surface area contributed by atoms with E-state index in [2.05, 4.69) is 10.6 Å². The van der Waals surface area contributed by atoms with Crippen molar-refractivity contribution in [2.24, 2.45) is 5.14 Å². The van der Waals surface area contributed by atoms with Crippen LogP contribution in [0.4, 0.5) is 4.79 Å². The maximum Gasteiger partial charge on any atom is 0.315 e. The summed E-state index contributed by atoms with van der Waals surface area (Å²) in [6, 6.07) is -0.680. The molecule has 0 aliphatic rings. The number of nitrogens with two attached hydrogens (primary N) is 1. The van der Waals surface area contributed by atoms with Crippen molar-refractivity contribution in [2.75, 3.05) is 12.3 Å². The first kappa shape index (κ1) is 16.6. The minimum Gasteiger partial charge on any atom is -0.481 e. The highest BCUT2D eigenvalue weighted by Crippen LogP contribution is 2.00. The fraction of sp³-hybridized carbons (Fsp3) is 0.778. The second-order valence-electron chi connectivity index (χ2n) is 3.95. The molecule has 0 rings (SSSR count). The summed E-state index contributed by atoms with van der Waals surface area (Å²) < 4.78 is 21.2. The van der Waals surface area contributed by atoms with Crippen LogP contribution < -0.4 is 15.8 Å². The van der Waals surface area contributed by atoms with Gasteiger partial charge >= 0.3 is 12.0 Å². The summed E-state index contributed by atoms with van der Waals surface area (Å²) in [7, 11) is -3.58. The van der Waals surface area contributed by atoms with Gasteiger partial charge in [0.15, 0.2) is 0 Å². The van der Waals surface area contributed by atoms with Crippen LogP contribution in [0.2, 0.25) is 0 Å². The van der Waals surface area contributed by atoms with Crippen LogP contribution in [0.15, 0.2) is 0 Å². The van der Waals surface area contributed by atoms with Crippen LogP contribution >= 0.6 is 0 Å². The van der Waals surface area contributed by atoms with Crippen molar-refractivity contribution in [3.05, 3.63) is 0 Å². The molecule has 1 atom stereocenters. The number of carbonyl (C=O) groups excluding carboxylic acids is 1. The summed E-state index contributed by atoms with van der Waals surface area (Å²) >= 11 is 0. The van der Waals surface area contributed by atoms with Crippen LogP contribution in [0.1, 0.15) is 26.2 Å². The van der Waals surface area contributed by atoms with Crippen molar-refractivity contribution in [1.29, 1.82) is 0 Å². The predicted octanol–water partition coefficient (Wildman–Crippen LogP) is -0.782. The number of primary sulfonamides is 1. The smallest absolute Gasteiger partial charge is 0.315 e. The van der Waals surface area contributed by atoms with Crippen molar-refractivity contribution in [3.63, 3.8) is 0 Å². The molecule has 0 aliphatic heterocycles. The molecule has 0 aliphatic carbocycles. The third kappa shape index (κ3) is 11.1. The van der Waals surface area contributed by atoms with Gasteiger partial charge in [-0.05, 0) is 19.8 Å². The van der Waals surface area contributed by atoms with E-state index in [-0.39, 0.29) is 24.8 Å². The predicted molar refractivity (Wildman–Crippen MR) is 65.5 cm³/mol. The largest absolute Gasteiger partial charge is 0.481 e. The molecule has 0 bridgehead atoms. The van der Waals surface area contributed by atoms with Crippen LogP contribution in [-0.4, -0.2) is 43.9 Å². The van der Waals surface area contributed by atoms with Crippen LogP contribution in [0, 0.1) is 0 Å². The van der Waals surface area contributed by atoms with Crippen LogP contribution in [0.25, 0.3) is 0 Å². The van der Waals surface area contributed by atoms with Gasteiger partial charge in [0.1, 0.15) is 0 Å². The standard InChI is InChI=1S/C9H19N3O5S/c1-7(3-2-4-8(13)14)12-9(15)11-5-6-18(10,16)17/h7H,2-6H2,1H3,(H,13,14)(H2,10,16,17)(H2,11,12,15). The van der Waals surface area contributed by atoms with Crippen molar-refractivity contribution in [3.8, 4) is 0 Å². The minimum absolute atomic E-state index is 0.0546. The van der Waals surface area contributed by atoms with Crippen LogP contribution in [-0.2, 0) is 14.8 Å². The third-order valence-electron chi connectivity index (χ3n) is 2.08. The average Bonchev–Trinajstić information content (AvgIpc) is 2.14. The Morgan fingerprint density at radius 3 is 2.50 bits per heavy atom. The lowest BCUT2D eigenvalue weighted by molar-refractivity contribution is -0.137. The average molecular weight is 281 g/mol. The van der Waals surface area contributed by atoms with Gasteiger partial charge in [-0.25, -0.2) is 18.4 Å². The first-order valence-electron chi connectivity index (χ1n) is 5.47. The normalized spacial score (nSPS) is 12.8. The maximum atomic E-state index is 11.3. The van der Waals surface area contributed by atoms with Gasteiger partial charge in [-0.3, -0.25) is 4.79 Å². The Morgan fingerprint density at radius 2 is 2.00 bits per heavy atom. The van der Waals surface area contributed by atoms with E-state index >= 15 is 0 Å². The molecule has 0 saturated carbocycles. The molecule has 0 aromatic carbocycles. The molecule has 8 nitrogen and oxygen atoms in total. The zero-order valence-electron chi connectivity index (χ0n) is 10.2.